The van der Waals surface area contributed by atoms with E-state index in [0.29, 0.717) is 19.5 Å². The molecule has 1 amide bonds. The summed E-state index contributed by atoms with van der Waals surface area (Å²) in [7, 11) is 0. The monoisotopic (exact) mass is 302 g/mol. The number of primary amides is 1. The molecule has 1 unspecified atom stereocenters. The summed E-state index contributed by atoms with van der Waals surface area (Å²) in [5.74, 6) is -0.888. The molecule has 1 fully saturated rings. The molecule has 0 radical (unpaired) electrons. The maximum absolute atomic E-state index is 13.1. The molecular weight excluding hydrogens is 285 g/mol. The van der Waals surface area contributed by atoms with Gasteiger partial charge in [-0.25, -0.2) is 0 Å². The molecule has 0 spiro atoms. The quantitative estimate of drug-likeness (QED) is 0.894. The van der Waals surface area contributed by atoms with E-state index < -0.39 is 23.8 Å². The molecule has 116 valence electrons. The molecule has 7 heteroatoms. The molecule has 3 N–H and O–H groups in total. The number of rotatable bonds is 3. The molecule has 1 saturated heterocycles. The van der Waals surface area contributed by atoms with Crippen molar-refractivity contribution in [3.63, 3.8) is 0 Å². The van der Waals surface area contributed by atoms with Crippen LogP contribution >= 0.6 is 0 Å². The minimum absolute atomic E-state index is 0.0848. The van der Waals surface area contributed by atoms with Gasteiger partial charge in [-0.1, -0.05) is 6.07 Å². The van der Waals surface area contributed by atoms with Gasteiger partial charge in [0.2, 0.25) is 5.91 Å². The fraction of sp³-hybridized carbons (Fsp3) is 0.500. The van der Waals surface area contributed by atoms with Crippen molar-refractivity contribution >= 4 is 5.91 Å². The Balaban J connectivity index is 2.27. The topological polar surface area (TPSA) is 66.6 Å². The third-order valence-corrected chi connectivity index (χ3v) is 3.57. The van der Waals surface area contributed by atoms with Crippen molar-refractivity contribution in [1.82, 2.24) is 4.90 Å². The zero-order chi connectivity index (χ0) is 15.6. The molecule has 1 atom stereocenters. The van der Waals surface area contributed by atoms with Gasteiger partial charge >= 0.3 is 6.18 Å². The Bertz CT molecular complexity index is 531. The lowest BCUT2D eigenvalue weighted by Gasteiger charge is -2.30. The first-order chi connectivity index (χ1) is 9.77. The molecule has 4 nitrogen and oxygen atoms in total. The maximum Gasteiger partial charge on any atom is 0.416 e. The minimum atomic E-state index is -4.55. The predicted octanol–water partition coefficient (Wildman–Crippen LogP) is 1.76. The average molecular weight is 302 g/mol. The van der Waals surface area contributed by atoms with Gasteiger partial charge in [0, 0.05) is 18.7 Å². The lowest BCUT2D eigenvalue weighted by atomic mass is 10.0. The van der Waals surface area contributed by atoms with Crippen LogP contribution < -0.4 is 5.73 Å². The van der Waals surface area contributed by atoms with Gasteiger partial charge in [0.25, 0.3) is 0 Å². The Morgan fingerprint density at radius 1 is 1.43 bits per heavy atom. The average Bonchev–Trinajstić information content (AvgIpc) is 2.37. The van der Waals surface area contributed by atoms with Gasteiger partial charge in [-0.3, -0.25) is 9.69 Å². The normalized spacial score (nSPS) is 20.5. The number of nitrogens with zero attached hydrogens (tertiary/aromatic N) is 1. The van der Waals surface area contributed by atoms with E-state index >= 15 is 0 Å². The SMILES string of the molecule is NC(=O)c1ccc(CN2CCCC(O)C2)c(C(F)(F)F)c1. The summed E-state index contributed by atoms with van der Waals surface area (Å²) < 4.78 is 39.3. The van der Waals surface area contributed by atoms with Gasteiger partial charge in [0.15, 0.2) is 0 Å². The van der Waals surface area contributed by atoms with E-state index in [2.05, 4.69) is 0 Å². The van der Waals surface area contributed by atoms with Crippen LogP contribution in [0.3, 0.4) is 0 Å². The van der Waals surface area contributed by atoms with Crippen LogP contribution in [0.5, 0.6) is 0 Å². The van der Waals surface area contributed by atoms with Crippen LogP contribution in [0.15, 0.2) is 18.2 Å². The molecule has 1 aromatic rings. The van der Waals surface area contributed by atoms with Gasteiger partial charge in [-0.05, 0) is 37.1 Å². The first kappa shape index (κ1) is 15.8. The molecular formula is C14H17F3N2O2. The molecule has 21 heavy (non-hydrogen) atoms. The van der Waals surface area contributed by atoms with E-state index in [1.54, 1.807) is 4.90 Å². The lowest BCUT2D eigenvalue weighted by molar-refractivity contribution is -0.138. The molecule has 1 aliphatic heterocycles. The highest BCUT2D eigenvalue weighted by Gasteiger charge is 2.34. The smallest absolute Gasteiger partial charge is 0.392 e. The molecule has 2 rings (SSSR count). The van der Waals surface area contributed by atoms with Crippen molar-refractivity contribution < 1.29 is 23.1 Å². The molecule has 0 aliphatic carbocycles. The third-order valence-electron chi connectivity index (χ3n) is 3.57. The summed E-state index contributed by atoms with van der Waals surface area (Å²) in [6.45, 7) is 1.09. The number of nitrogens with two attached hydrogens (primary N) is 1. The van der Waals surface area contributed by atoms with Crippen molar-refractivity contribution in [1.29, 1.82) is 0 Å². The highest BCUT2D eigenvalue weighted by Crippen LogP contribution is 2.33. The van der Waals surface area contributed by atoms with Crippen molar-refractivity contribution in [3.05, 3.63) is 34.9 Å². The molecule has 0 aromatic heterocycles. The Morgan fingerprint density at radius 2 is 2.14 bits per heavy atom. The second kappa shape index (κ2) is 6.03. The van der Waals surface area contributed by atoms with E-state index in [-0.39, 0.29) is 17.7 Å². The molecule has 0 saturated carbocycles. The number of likely N-dealkylation sites (tertiary alicyclic amines) is 1. The number of benzene rings is 1. The van der Waals surface area contributed by atoms with Gasteiger partial charge in [0.1, 0.15) is 0 Å². The zero-order valence-corrected chi connectivity index (χ0v) is 11.4. The van der Waals surface area contributed by atoms with Gasteiger partial charge in [-0.15, -0.1) is 0 Å². The van der Waals surface area contributed by atoms with Crippen molar-refractivity contribution in [3.8, 4) is 0 Å². The number of β-amino-alcohol motifs (C(OH)–C–C–N with tert-alkyl or cyclic N) is 1. The second-order valence-corrected chi connectivity index (χ2v) is 5.27. The summed E-state index contributed by atoms with van der Waals surface area (Å²) >= 11 is 0. The highest BCUT2D eigenvalue weighted by molar-refractivity contribution is 5.93. The third kappa shape index (κ3) is 3.95. The standard InChI is InChI=1S/C14H17F3N2O2/c15-14(16,17)12-6-9(13(18)21)3-4-10(12)7-19-5-1-2-11(20)8-19/h3-4,6,11,20H,1-2,5,7-8H2,(H2,18,21). The Kier molecular flexibility index (Phi) is 4.53. The van der Waals surface area contributed by atoms with Crippen LogP contribution in [-0.4, -0.2) is 35.1 Å². The number of amides is 1. The van der Waals surface area contributed by atoms with Crippen LogP contribution in [0.25, 0.3) is 0 Å². The Labute approximate surface area is 120 Å². The van der Waals surface area contributed by atoms with E-state index in [0.717, 1.165) is 12.5 Å². The largest absolute Gasteiger partial charge is 0.416 e. The Morgan fingerprint density at radius 3 is 2.71 bits per heavy atom. The van der Waals surface area contributed by atoms with Crippen LogP contribution in [0.1, 0.15) is 34.3 Å². The van der Waals surface area contributed by atoms with Crippen molar-refractivity contribution in [2.45, 2.75) is 31.7 Å². The number of aliphatic hydroxyl groups excluding tert-OH is 1. The van der Waals surface area contributed by atoms with Gasteiger partial charge in [0.05, 0.1) is 11.7 Å². The van der Waals surface area contributed by atoms with Crippen molar-refractivity contribution in [2.75, 3.05) is 13.1 Å². The predicted molar refractivity (Wildman–Crippen MR) is 70.5 cm³/mol. The summed E-state index contributed by atoms with van der Waals surface area (Å²) in [5.41, 5.74) is 4.10. The molecule has 1 heterocycles. The number of hydrogen-bond donors (Lipinski definition) is 2. The second-order valence-electron chi connectivity index (χ2n) is 5.27. The number of halogens is 3. The first-order valence-corrected chi connectivity index (χ1v) is 6.67. The lowest BCUT2D eigenvalue weighted by Crippen LogP contribution is -2.38. The number of hydrogen-bond acceptors (Lipinski definition) is 3. The van der Waals surface area contributed by atoms with E-state index in [1.807, 2.05) is 0 Å². The number of piperidine rings is 1. The van der Waals surface area contributed by atoms with Crippen LogP contribution in [0.2, 0.25) is 0 Å². The summed E-state index contributed by atoms with van der Waals surface area (Å²) in [5, 5.41) is 9.58. The number of carbonyl (C=O) groups excluding carboxylic acids is 1. The van der Waals surface area contributed by atoms with Crippen LogP contribution in [-0.2, 0) is 12.7 Å². The summed E-state index contributed by atoms with van der Waals surface area (Å²) in [6.07, 6.45) is -3.63. The van der Waals surface area contributed by atoms with Gasteiger partial charge < -0.3 is 10.8 Å². The van der Waals surface area contributed by atoms with E-state index in [9.17, 15) is 23.1 Å². The fourth-order valence-electron chi connectivity index (χ4n) is 2.55. The molecule has 1 aromatic carbocycles. The van der Waals surface area contributed by atoms with Crippen LogP contribution in [0, 0.1) is 0 Å². The molecule has 0 bridgehead atoms. The van der Waals surface area contributed by atoms with Crippen molar-refractivity contribution in [2.24, 2.45) is 5.73 Å². The fourth-order valence-corrected chi connectivity index (χ4v) is 2.55. The van der Waals surface area contributed by atoms with Crippen LogP contribution in [0.4, 0.5) is 13.2 Å². The minimum Gasteiger partial charge on any atom is -0.392 e. The highest BCUT2D eigenvalue weighted by atomic mass is 19.4. The maximum atomic E-state index is 13.1. The number of aliphatic hydroxyl groups is 1. The van der Waals surface area contributed by atoms with E-state index in [1.165, 1.54) is 12.1 Å². The first-order valence-electron chi connectivity index (χ1n) is 6.67. The number of alkyl halides is 3. The van der Waals surface area contributed by atoms with E-state index in [4.69, 9.17) is 5.73 Å². The van der Waals surface area contributed by atoms with Gasteiger partial charge in [-0.2, -0.15) is 13.2 Å². The Hall–Kier alpha value is -1.60. The zero-order valence-electron chi connectivity index (χ0n) is 11.4. The summed E-state index contributed by atoms with van der Waals surface area (Å²) in [6, 6.07) is 3.37. The molecule has 1 aliphatic rings. The summed E-state index contributed by atoms with van der Waals surface area (Å²) in [4.78, 5) is 12.8. The number of carbonyl (C=O) groups is 1.